The summed E-state index contributed by atoms with van der Waals surface area (Å²) >= 11 is 7.65. The van der Waals surface area contributed by atoms with Gasteiger partial charge in [-0.05, 0) is 53.9 Å². The number of pyridine rings is 1. The normalized spacial score (nSPS) is 10.9. The van der Waals surface area contributed by atoms with Gasteiger partial charge >= 0.3 is 0 Å². The van der Waals surface area contributed by atoms with Gasteiger partial charge in [-0.3, -0.25) is 9.55 Å². The fourth-order valence-corrected chi connectivity index (χ4v) is 3.93. The molecule has 0 aliphatic rings. The molecular formula is C22H19ClN4S. The standard InChI is InChI=1S/C22H19ClN4S/c1-2-16-5-9-20(10-6-16)27-21(18-11-13-24-14-12-18)25-26-22(27)28-15-17-3-7-19(23)8-4-17/h3-14H,2,15H2,1H3. The van der Waals surface area contributed by atoms with Gasteiger partial charge in [0.2, 0.25) is 0 Å². The fraction of sp³-hybridized carbons (Fsp3) is 0.136. The molecule has 0 bridgehead atoms. The minimum Gasteiger partial charge on any atom is -0.270 e. The third-order valence-electron chi connectivity index (χ3n) is 4.46. The summed E-state index contributed by atoms with van der Waals surface area (Å²) in [7, 11) is 0. The van der Waals surface area contributed by atoms with Gasteiger partial charge in [-0.1, -0.05) is 54.6 Å². The minimum atomic E-state index is 0.743. The number of hydrogen-bond acceptors (Lipinski definition) is 4. The lowest BCUT2D eigenvalue weighted by molar-refractivity contribution is 0.885. The van der Waals surface area contributed by atoms with Crippen molar-refractivity contribution in [1.82, 2.24) is 19.7 Å². The number of hydrogen-bond donors (Lipinski definition) is 0. The van der Waals surface area contributed by atoms with E-state index in [2.05, 4.69) is 50.9 Å². The molecule has 0 saturated heterocycles. The van der Waals surface area contributed by atoms with Crippen molar-refractivity contribution in [3.05, 3.63) is 89.2 Å². The summed E-state index contributed by atoms with van der Waals surface area (Å²) in [5, 5.41) is 10.5. The molecule has 4 aromatic rings. The van der Waals surface area contributed by atoms with Crippen LogP contribution < -0.4 is 0 Å². The van der Waals surface area contributed by atoms with Crippen LogP contribution in [0.15, 0.2) is 78.2 Å². The van der Waals surface area contributed by atoms with E-state index < -0.39 is 0 Å². The van der Waals surface area contributed by atoms with Gasteiger partial charge < -0.3 is 0 Å². The van der Waals surface area contributed by atoms with Crippen molar-refractivity contribution in [1.29, 1.82) is 0 Å². The van der Waals surface area contributed by atoms with E-state index in [1.807, 2.05) is 36.4 Å². The van der Waals surface area contributed by atoms with Gasteiger partial charge in [-0.2, -0.15) is 0 Å². The molecule has 0 unspecified atom stereocenters. The Morgan fingerprint density at radius 3 is 2.21 bits per heavy atom. The van der Waals surface area contributed by atoms with E-state index in [0.717, 1.165) is 39.4 Å². The van der Waals surface area contributed by atoms with Gasteiger partial charge in [0.05, 0.1) is 0 Å². The molecule has 0 N–H and O–H groups in total. The maximum absolute atomic E-state index is 5.99. The first kappa shape index (κ1) is 18.7. The Hall–Kier alpha value is -2.63. The number of thioether (sulfide) groups is 1. The largest absolute Gasteiger partial charge is 0.270 e. The zero-order chi connectivity index (χ0) is 19.3. The number of nitrogens with zero attached hydrogens (tertiary/aromatic N) is 4. The average Bonchev–Trinajstić information content (AvgIpc) is 3.18. The van der Waals surface area contributed by atoms with Crippen LogP contribution in [-0.4, -0.2) is 19.7 Å². The second kappa shape index (κ2) is 8.59. The average molecular weight is 407 g/mol. The van der Waals surface area contributed by atoms with E-state index in [9.17, 15) is 0 Å². The summed E-state index contributed by atoms with van der Waals surface area (Å²) in [6.45, 7) is 2.16. The van der Waals surface area contributed by atoms with E-state index in [0.29, 0.717) is 0 Å². The summed E-state index contributed by atoms with van der Waals surface area (Å²) in [4.78, 5) is 4.11. The molecule has 140 valence electrons. The quantitative estimate of drug-likeness (QED) is 0.377. The molecule has 28 heavy (non-hydrogen) atoms. The van der Waals surface area contributed by atoms with E-state index in [4.69, 9.17) is 11.6 Å². The van der Waals surface area contributed by atoms with Gasteiger partial charge in [0.15, 0.2) is 11.0 Å². The highest BCUT2D eigenvalue weighted by Gasteiger charge is 2.16. The predicted octanol–water partition coefficient (Wildman–Crippen LogP) is 5.84. The topological polar surface area (TPSA) is 43.6 Å². The first-order valence-electron chi connectivity index (χ1n) is 9.07. The maximum atomic E-state index is 5.99. The first-order chi connectivity index (χ1) is 13.7. The minimum absolute atomic E-state index is 0.743. The summed E-state index contributed by atoms with van der Waals surface area (Å²) in [6.07, 6.45) is 4.56. The Balaban J connectivity index is 1.71. The lowest BCUT2D eigenvalue weighted by Crippen LogP contribution is -2.00. The molecule has 2 aromatic heterocycles. The molecule has 0 aliphatic heterocycles. The highest BCUT2D eigenvalue weighted by Crippen LogP contribution is 2.30. The van der Waals surface area contributed by atoms with Crippen molar-refractivity contribution >= 4 is 23.4 Å². The molecule has 0 spiro atoms. The van der Waals surface area contributed by atoms with Crippen LogP contribution in [0.1, 0.15) is 18.1 Å². The van der Waals surface area contributed by atoms with Crippen LogP contribution in [0.3, 0.4) is 0 Å². The van der Waals surface area contributed by atoms with E-state index >= 15 is 0 Å². The monoisotopic (exact) mass is 406 g/mol. The summed E-state index contributed by atoms with van der Waals surface area (Å²) in [6, 6.07) is 20.4. The molecule has 0 saturated carbocycles. The van der Waals surface area contributed by atoms with Crippen LogP contribution in [0.25, 0.3) is 17.1 Å². The Morgan fingerprint density at radius 1 is 0.857 bits per heavy atom. The van der Waals surface area contributed by atoms with Crippen molar-refractivity contribution in [3.63, 3.8) is 0 Å². The molecule has 0 radical (unpaired) electrons. The summed E-state index contributed by atoms with van der Waals surface area (Å²) < 4.78 is 2.11. The van der Waals surface area contributed by atoms with Crippen molar-refractivity contribution in [2.24, 2.45) is 0 Å². The third kappa shape index (κ3) is 4.11. The Labute approximate surface area is 173 Å². The molecule has 0 amide bonds. The molecule has 2 aromatic carbocycles. The van der Waals surface area contributed by atoms with Crippen LogP contribution in [0.2, 0.25) is 5.02 Å². The van der Waals surface area contributed by atoms with E-state index in [1.165, 1.54) is 11.1 Å². The summed E-state index contributed by atoms with van der Waals surface area (Å²) in [5.74, 6) is 1.60. The fourth-order valence-electron chi connectivity index (χ4n) is 2.89. The van der Waals surface area contributed by atoms with Crippen LogP contribution >= 0.6 is 23.4 Å². The number of rotatable bonds is 6. The molecule has 0 atom stereocenters. The highest BCUT2D eigenvalue weighted by molar-refractivity contribution is 7.98. The Bertz CT molecular complexity index is 1040. The molecule has 0 fully saturated rings. The molecule has 4 nitrogen and oxygen atoms in total. The Morgan fingerprint density at radius 2 is 1.54 bits per heavy atom. The Kier molecular flexibility index (Phi) is 5.74. The number of aromatic nitrogens is 4. The number of aryl methyl sites for hydroxylation is 1. The van der Waals surface area contributed by atoms with Gasteiger partial charge in [0.25, 0.3) is 0 Å². The molecule has 6 heteroatoms. The highest BCUT2D eigenvalue weighted by atomic mass is 35.5. The van der Waals surface area contributed by atoms with Gasteiger partial charge in [-0.15, -0.1) is 10.2 Å². The molecule has 0 aliphatic carbocycles. The van der Waals surface area contributed by atoms with Crippen LogP contribution in [0.5, 0.6) is 0 Å². The molecule has 2 heterocycles. The van der Waals surface area contributed by atoms with Crippen LogP contribution in [-0.2, 0) is 12.2 Å². The molecule has 4 rings (SSSR count). The lowest BCUT2D eigenvalue weighted by Gasteiger charge is -2.11. The predicted molar refractivity (Wildman–Crippen MR) is 115 cm³/mol. The van der Waals surface area contributed by atoms with Crippen molar-refractivity contribution in [3.8, 4) is 17.1 Å². The molecular weight excluding hydrogens is 388 g/mol. The van der Waals surface area contributed by atoms with E-state index in [1.54, 1.807) is 24.2 Å². The zero-order valence-electron chi connectivity index (χ0n) is 15.4. The second-order valence-corrected chi connectivity index (χ2v) is 7.69. The number of halogens is 1. The van der Waals surface area contributed by atoms with Gasteiger partial charge in [0.1, 0.15) is 0 Å². The summed E-state index contributed by atoms with van der Waals surface area (Å²) in [5.41, 5.74) is 4.53. The second-order valence-electron chi connectivity index (χ2n) is 6.31. The van der Waals surface area contributed by atoms with Crippen molar-refractivity contribution < 1.29 is 0 Å². The van der Waals surface area contributed by atoms with Crippen LogP contribution in [0.4, 0.5) is 0 Å². The first-order valence-corrected chi connectivity index (χ1v) is 10.4. The van der Waals surface area contributed by atoms with Gasteiger partial charge in [0, 0.05) is 34.4 Å². The lowest BCUT2D eigenvalue weighted by atomic mass is 10.1. The van der Waals surface area contributed by atoms with E-state index in [-0.39, 0.29) is 0 Å². The van der Waals surface area contributed by atoms with Gasteiger partial charge in [-0.25, -0.2) is 0 Å². The van der Waals surface area contributed by atoms with Crippen molar-refractivity contribution in [2.75, 3.05) is 0 Å². The smallest absolute Gasteiger partial charge is 0.196 e. The SMILES string of the molecule is CCc1ccc(-n2c(SCc3ccc(Cl)cc3)nnc2-c2ccncc2)cc1. The maximum Gasteiger partial charge on any atom is 0.196 e. The van der Waals surface area contributed by atoms with Crippen molar-refractivity contribution in [2.45, 2.75) is 24.3 Å². The zero-order valence-corrected chi connectivity index (χ0v) is 17.0. The number of benzene rings is 2. The van der Waals surface area contributed by atoms with Crippen LogP contribution in [0, 0.1) is 0 Å². The third-order valence-corrected chi connectivity index (χ3v) is 5.71.